The van der Waals surface area contributed by atoms with E-state index in [2.05, 4.69) is 5.10 Å². The summed E-state index contributed by atoms with van der Waals surface area (Å²) in [5.74, 6) is 0.0251. The van der Waals surface area contributed by atoms with E-state index in [4.69, 9.17) is 37.8 Å². The molecule has 1 aliphatic carbocycles. The third-order valence-corrected chi connectivity index (χ3v) is 8.27. The molecule has 1 heterocycles. The van der Waals surface area contributed by atoms with Crippen LogP contribution in [0.4, 0.5) is 0 Å². The monoisotopic (exact) mass is 539 g/mol. The standard InChI is InChI=1S/C23H23Cl2N3O6S/c1-27(18-4-3-5-19-16(18)12-26-28(19)13-23(29)30)35(31,32)15-7-9-20(17(25)11-15)34-21-8-6-14(24)10-22(21)33-2/h6-12,18H,3-5,13H2,1-2H3,(H,29,30)/t18-/m1/s1. The SMILES string of the molecule is COc1cc(Cl)ccc1Oc1ccc(S(=O)(=O)N(C)[C@@H]2CCCc3c2cnn3CC(=O)O)cc1Cl. The third-order valence-electron chi connectivity index (χ3n) is 5.88. The minimum atomic E-state index is -3.93. The van der Waals surface area contributed by atoms with E-state index in [1.165, 1.54) is 41.3 Å². The summed E-state index contributed by atoms with van der Waals surface area (Å²) < 4.78 is 40.7. The molecule has 0 saturated heterocycles. The largest absolute Gasteiger partial charge is 0.493 e. The summed E-state index contributed by atoms with van der Waals surface area (Å²) in [4.78, 5) is 11.1. The van der Waals surface area contributed by atoms with E-state index in [1.54, 1.807) is 24.4 Å². The molecular weight excluding hydrogens is 517 g/mol. The van der Waals surface area contributed by atoms with Gasteiger partial charge in [-0.2, -0.15) is 9.40 Å². The Morgan fingerprint density at radius 3 is 2.63 bits per heavy atom. The number of carbonyl (C=O) groups is 1. The van der Waals surface area contributed by atoms with Crippen molar-refractivity contribution < 1.29 is 27.8 Å². The molecule has 2 aromatic carbocycles. The molecule has 1 aliphatic rings. The molecule has 9 nitrogen and oxygen atoms in total. The number of nitrogens with zero attached hydrogens (tertiary/aromatic N) is 3. The average molecular weight is 540 g/mol. The molecule has 0 saturated carbocycles. The number of aromatic nitrogens is 2. The van der Waals surface area contributed by atoms with Gasteiger partial charge >= 0.3 is 5.97 Å². The zero-order valence-corrected chi connectivity index (χ0v) is 21.3. The van der Waals surface area contributed by atoms with Gasteiger partial charge in [0.1, 0.15) is 12.3 Å². The lowest BCUT2D eigenvalue weighted by Crippen LogP contribution is -2.33. The Hall–Kier alpha value is -2.79. The number of halogens is 2. The summed E-state index contributed by atoms with van der Waals surface area (Å²) in [6.07, 6.45) is 3.49. The molecule has 1 aromatic heterocycles. The van der Waals surface area contributed by atoms with Crippen LogP contribution in [0.3, 0.4) is 0 Å². The molecule has 3 aromatic rings. The van der Waals surface area contributed by atoms with Crippen molar-refractivity contribution in [3.8, 4) is 17.2 Å². The van der Waals surface area contributed by atoms with Gasteiger partial charge in [0.05, 0.1) is 29.3 Å². The van der Waals surface area contributed by atoms with E-state index in [1.807, 2.05) is 0 Å². The maximum atomic E-state index is 13.5. The number of hydrogen-bond acceptors (Lipinski definition) is 6. The van der Waals surface area contributed by atoms with Crippen LogP contribution in [0, 0.1) is 0 Å². The van der Waals surface area contributed by atoms with Crippen LogP contribution in [0.25, 0.3) is 0 Å². The molecule has 0 fully saturated rings. The Balaban J connectivity index is 1.60. The molecule has 0 bridgehead atoms. The van der Waals surface area contributed by atoms with Crippen molar-refractivity contribution in [1.29, 1.82) is 0 Å². The van der Waals surface area contributed by atoms with Crippen LogP contribution in [0.15, 0.2) is 47.5 Å². The van der Waals surface area contributed by atoms with Gasteiger partial charge in [0.2, 0.25) is 10.0 Å². The lowest BCUT2D eigenvalue weighted by Gasteiger charge is -2.31. The summed E-state index contributed by atoms with van der Waals surface area (Å²) in [7, 11) is -0.947. The van der Waals surface area contributed by atoms with Gasteiger partial charge in [0.25, 0.3) is 0 Å². The highest BCUT2D eigenvalue weighted by atomic mass is 35.5. The van der Waals surface area contributed by atoms with Crippen LogP contribution in [-0.4, -0.2) is 47.7 Å². The first-order chi connectivity index (χ1) is 16.6. The molecule has 186 valence electrons. The highest BCUT2D eigenvalue weighted by Crippen LogP contribution is 2.40. The number of aliphatic carboxylic acids is 1. The second-order valence-corrected chi connectivity index (χ2v) is 10.9. The summed E-state index contributed by atoms with van der Waals surface area (Å²) in [6.45, 7) is -0.270. The van der Waals surface area contributed by atoms with Crippen molar-refractivity contribution in [2.24, 2.45) is 0 Å². The molecule has 0 amide bonds. The van der Waals surface area contributed by atoms with E-state index in [-0.39, 0.29) is 22.2 Å². The molecule has 12 heteroatoms. The fourth-order valence-corrected chi connectivity index (χ4v) is 5.98. The fraction of sp³-hybridized carbons (Fsp3) is 0.304. The van der Waals surface area contributed by atoms with Crippen LogP contribution < -0.4 is 9.47 Å². The van der Waals surface area contributed by atoms with E-state index >= 15 is 0 Å². The Morgan fingerprint density at radius 1 is 1.20 bits per heavy atom. The average Bonchev–Trinajstić information content (AvgIpc) is 3.23. The Labute approximate surface area is 212 Å². The molecule has 0 unspecified atom stereocenters. The summed E-state index contributed by atoms with van der Waals surface area (Å²) in [5.41, 5.74) is 1.45. The van der Waals surface area contributed by atoms with Crippen LogP contribution >= 0.6 is 23.2 Å². The maximum Gasteiger partial charge on any atom is 0.325 e. The number of benzene rings is 2. The Bertz CT molecular complexity index is 1380. The Kier molecular flexibility index (Phi) is 7.27. The van der Waals surface area contributed by atoms with Gasteiger partial charge in [-0.25, -0.2) is 8.42 Å². The zero-order chi connectivity index (χ0) is 25.3. The number of fused-ring (bicyclic) bond motifs is 1. The first kappa shape index (κ1) is 25.3. The molecule has 1 N–H and O–H groups in total. The van der Waals surface area contributed by atoms with Crippen molar-refractivity contribution in [3.05, 3.63) is 63.9 Å². The quantitative estimate of drug-likeness (QED) is 0.438. The van der Waals surface area contributed by atoms with Crippen LogP contribution in [0.2, 0.25) is 10.0 Å². The predicted molar refractivity (Wildman–Crippen MR) is 130 cm³/mol. The van der Waals surface area contributed by atoms with Crippen LogP contribution in [0.5, 0.6) is 17.2 Å². The molecule has 4 rings (SSSR count). The van der Waals surface area contributed by atoms with Gasteiger partial charge in [0.15, 0.2) is 11.5 Å². The number of rotatable bonds is 8. The molecule has 1 atom stereocenters. The molecule has 35 heavy (non-hydrogen) atoms. The summed E-state index contributed by atoms with van der Waals surface area (Å²) >= 11 is 12.4. The minimum Gasteiger partial charge on any atom is -0.493 e. The van der Waals surface area contributed by atoms with Gasteiger partial charge in [-0.05, 0) is 49.6 Å². The molecular formula is C23H23Cl2N3O6S. The second-order valence-electron chi connectivity index (χ2n) is 8.02. The van der Waals surface area contributed by atoms with Crippen LogP contribution in [-0.2, 0) is 27.8 Å². The molecule has 0 spiro atoms. The van der Waals surface area contributed by atoms with E-state index < -0.39 is 22.0 Å². The number of carboxylic acids is 1. The van der Waals surface area contributed by atoms with Crippen molar-refractivity contribution in [2.75, 3.05) is 14.2 Å². The molecule has 0 aliphatic heterocycles. The Morgan fingerprint density at radius 2 is 1.94 bits per heavy atom. The number of methoxy groups -OCH3 is 1. The van der Waals surface area contributed by atoms with Gasteiger partial charge in [-0.15, -0.1) is 0 Å². The summed E-state index contributed by atoms with van der Waals surface area (Å²) in [6, 6.07) is 8.62. The number of hydrogen-bond donors (Lipinski definition) is 1. The fourth-order valence-electron chi connectivity index (χ4n) is 4.14. The number of ether oxygens (including phenoxy) is 2. The highest BCUT2D eigenvalue weighted by Gasteiger charge is 2.34. The number of carboxylic acid groups (broad SMARTS) is 1. The highest BCUT2D eigenvalue weighted by molar-refractivity contribution is 7.89. The van der Waals surface area contributed by atoms with E-state index in [9.17, 15) is 13.2 Å². The maximum absolute atomic E-state index is 13.5. The smallest absolute Gasteiger partial charge is 0.325 e. The van der Waals surface area contributed by atoms with Crippen molar-refractivity contribution in [1.82, 2.24) is 14.1 Å². The van der Waals surface area contributed by atoms with E-state index in [0.717, 1.165) is 5.69 Å². The third kappa shape index (κ3) is 5.11. The summed E-state index contributed by atoms with van der Waals surface area (Å²) in [5, 5.41) is 13.9. The van der Waals surface area contributed by atoms with Crippen molar-refractivity contribution >= 4 is 39.2 Å². The molecule has 0 radical (unpaired) electrons. The predicted octanol–water partition coefficient (Wildman–Crippen LogP) is 4.77. The normalized spacial score (nSPS) is 15.6. The van der Waals surface area contributed by atoms with Gasteiger partial charge in [-0.3, -0.25) is 9.48 Å². The lowest BCUT2D eigenvalue weighted by atomic mass is 9.93. The zero-order valence-electron chi connectivity index (χ0n) is 18.9. The minimum absolute atomic E-state index is 0.00507. The van der Waals surface area contributed by atoms with Crippen molar-refractivity contribution in [3.63, 3.8) is 0 Å². The first-order valence-electron chi connectivity index (χ1n) is 10.7. The van der Waals surface area contributed by atoms with E-state index in [0.29, 0.717) is 41.3 Å². The van der Waals surface area contributed by atoms with Gasteiger partial charge < -0.3 is 14.6 Å². The van der Waals surface area contributed by atoms with Gasteiger partial charge in [0, 0.05) is 29.4 Å². The second kappa shape index (κ2) is 10.1. The van der Waals surface area contributed by atoms with Gasteiger partial charge in [-0.1, -0.05) is 23.2 Å². The lowest BCUT2D eigenvalue weighted by molar-refractivity contribution is -0.137. The van der Waals surface area contributed by atoms with Crippen molar-refractivity contribution in [2.45, 2.75) is 36.7 Å². The van der Waals surface area contributed by atoms with Crippen LogP contribution in [0.1, 0.15) is 30.1 Å². The first-order valence-corrected chi connectivity index (χ1v) is 12.9. The number of sulfonamides is 1. The topological polar surface area (TPSA) is 111 Å².